The van der Waals surface area contributed by atoms with Gasteiger partial charge in [0, 0.05) is 19.5 Å². The molecule has 0 aliphatic carbocycles. The SMILES string of the molecule is CC(C)C[C@H](CC(=O)[C@H](Cc1ccc(O)cc1)NC(=O)[C@@H]1CC=CC[C@H](N)C(=O)N[C@@H](CCCNC(N)=O)C(=O)N[C@@H](CCCNC(N)=O)C(=O)N1)C(=O)O. The van der Waals surface area contributed by atoms with E-state index in [1.54, 1.807) is 12.1 Å². The zero-order valence-corrected chi connectivity index (χ0v) is 31.2. The molecule has 1 heterocycles. The van der Waals surface area contributed by atoms with Crippen molar-refractivity contribution in [3.05, 3.63) is 42.0 Å². The highest BCUT2D eigenvalue weighted by molar-refractivity contribution is 5.96. The summed E-state index contributed by atoms with van der Waals surface area (Å²) < 4.78 is 0. The number of hydrogen-bond donors (Lipinski definition) is 11. The van der Waals surface area contributed by atoms with Gasteiger partial charge in [0.05, 0.1) is 18.0 Å². The molecule has 19 heteroatoms. The minimum Gasteiger partial charge on any atom is -0.508 e. The molecule has 1 aromatic carbocycles. The molecule has 0 unspecified atom stereocenters. The van der Waals surface area contributed by atoms with Gasteiger partial charge in [0.15, 0.2) is 5.78 Å². The summed E-state index contributed by atoms with van der Waals surface area (Å²) in [4.78, 5) is 102. The number of hydrogen-bond acceptors (Lipinski definition) is 10. The number of carboxylic acid groups (broad SMARTS) is 1. The maximum absolute atomic E-state index is 14.0. The molecule has 14 N–H and O–H groups in total. The zero-order valence-electron chi connectivity index (χ0n) is 31.2. The van der Waals surface area contributed by atoms with Crippen molar-refractivity contribution in [2.75, 3.05) is 13.1 Å². The van der Waals surface area contributed by atoms with Crippen LogP contribution in [0, 0.1) is 11.8 Å². The first-order valence-electron chi connectivity index (χ1n) is 18.2. The van der Waals surface area contributed by atoms with Gasteiger partial charge in [0.1, 0.15) is 23.9 Å². The Morgan fingerprint density at radius 1 is 0.818 bits per heavy atom. The number of phenolic OH excluding ortho intramolecular Hbond substituents is 1. The predicted octanol–water partition coefficient (Wildman–Crippen LogP) is -0.846. The average Bonchev–Trinajstić information content (AvgIpc) is 3.11. The molecule has 8 amide bonds. The van der Waals surface area contributed by atoms with Crippen LogP contribution in [0.1, 0.15) is 70.8 Å². The quantitative estimate of drug-likeness (QED) is 0.0645. The highest BCUT2D eigenvalue weighted by Gasteiger charge is 2.33. The molecule has 2 rings (SSSR count). The number of ketones is 1. The van der Waals surface area contributed by atoms with Crippen LogP contribution in [0.25, 0.3) is 0 Å². The summed E-state index contributed by atoms with van der Waals surface area (Å²) in [6.07, 6.45) is 3.08. The molecule has 6 atom stereocenters. The largest absolute Gasteiger partial charge is 0.508 e. The van der Waals surface area contributed by atoms with E-state index in [4.69, 9.17) is 17.2 Å². The number of carbonyl (C=O) groups excluding carboxylic acids is 7. The smallest absolute Gasteiger partial charge is 0.312 e. The lowest BCUT2D eigenvalue weighted by atomic mass is 9.89. The number of carbonyl (C=O) groups is 8. The van der Waals surface area contributed by atoms with Crippen LogP contribution in [0.2, 0.25) is 0 Å². The second-order valence-corrected chi connectivity index (χ2v) is 13.9. The van der Waals surface area contributed by atoms with Gasteiger partial charge < -0.3 is 59.3 Å². The molecule has 0 fully saturated rings. The van der Waals surface area contributed by atoms with Crippen LogP contribution in [-0.2, 0) is 35.2 Å². The van der Waals surface area contributed by atoms with Crippen LogP contribution in [0.4, 0.5) is 9.59 Å². The van der Waals surface area contributed by atoms with Crippen molar-refractivity contribution in [2.24, 2.45) is 29.0 Å². The minimum atomic E-state index is -1.32. The van der Waals surface area contributed by atoms with Crippen molar-refractivity contribution in [2.45, 2.75) is 102 Å². The van der Waals surface area contributed by atoms with E-state index in [0.29, 0.717) is 5.56 Å². The van der Waals surface area contributed by atoms with E-state index < -0.39 is 83.6 Å². The van der Waals surface area contributed by atoms with Crippen molar-refractivity contribution in [1.29, 1.82) is 0 Å². The summed E-state index contributed by atoms with van der Waals surface area (Å²) in [5, 5.41) is 34.9. The second kappa shape index (κ2) is 23.1. The molecule has 19 nitrogen and oxygen atoms in total. The Kier molecular flexibility index (Phi) is 19.1. The van der Waals surface area contributed by atoms with Gasteiger partial charge in [-0.1, -0.05) is 38.1 Å². The Labute approximate surface area is 319 Å². The highest BCUT2D eigenvalue weighted by atomic mass is 16.4. The van der Waals surface area contributed by atoms with Crippen molar-refractivity contribution in [3.63, 3.8) is 0 Å². The van der Waals surface area contributed by atoms with Crippen molar-refractivity contribution >= 4 is 47.4 Å². The summed E-state index contributed by atoms with van der Waals surface area (Å²) in [5.74, 6) is -5.79. The number of aliphatic carboxylic acids is 1. The average molecular weight is 774 g/mol. The minimum absolute atomic E-state index is 0.00440. The molecule has 1 aliphatic heterocycles. The molecular formula is C36H55N9O10. The second-order valence-electron chi connectivity index (χ2n) is 13.9. The number of Topliss-reactive ketones (excluding diaryl/α,β-unsaturated/α-hetero) is 1. The highest BCUT2D eigenvalue weighted by Crippen LogP contribution is 2.19. The van der Waals surface area contributed by atoms with E-state index in [1.165, 1.54) is 24.3 Å². The van der Waals surface area contributed by atoms with Crippen molar-refractivity contribution < 1.29 is 48.6 Å². The summed E-state index contributed by atoms with van der Waals surface area (Å²) >= 11 is 0. The monoisotopic (exact) mass is 773 g/mol. The van der Waals surface area contributed by atoms with E-state index >= 15 is 0 Å². The van der Waals surface area contributed by atoms with Gasteiger partial charge >= 0.3 is 18.0 Å². The zero-order chi connectivity index (χ0) is 41.1. The van der Waals surface area contributed by atoms with E-state index in [-0.39, 0.29) is 82.5 Å². The van der Waals surface area contributed by atoms with Gasteiger partial charge in [0.25, 0.3) is 0 Å². The fraction of sp³-hybridized carbons (Fsp3) is 0.556. The Morgan fingerprint density at radius 3 is 1.87 bits per heavy atom. The number of urea groups is 2. The van der Waals surface area contributed by atoms with Crippen molar-refractivity contribution in [3.8, 4) is 5.75 Å². The van der Waals surface area contributed by atoms with E-state index in [9.17, 15) is 48.6 Å². The lowest BCUT2D eigenvalue weighted by Gasteiger charge is -2.27. The summed E-state index contributed by atoms with van der Waals surface area (Å²) in [6, 6.07) is -1.79. The molecule has 1 aromatic rings. The molecule has 0 saturated carbocycles. The Balaban J connectivity index is 2.45. The molecular weight excluding hydrogens is 718 g/mol. The van der Waals surface area contributed by atoms with Gasteiger partial charge in [-0.15, -0.1) is 0 Å². The molecule has 0 spiro atoms. The lowest BCUT2D eigenvalue weighted by Crippen LogP contribution is -2.58. The molecule has 304 valence electrons. The first kappa shape index (κ1) is 45.4. The first-order valence-corrected chi connectivity index (χ1v) is 18.2. The third kappa shape index (κ3) is 17.3. The molecule has 0 aromatic heterocycles. The number of rotatable bonds is 18. The summed E-state index contributed by atoms with van der Waals surface area (Å²) in [5.41, 5.74) is 16.9. The van der Waals surface area contributed by atoms with Crippen molar-refractivity contribution in [1.82, 2.24) is 31.9 Å². The van der Waals surface area contributed by atoms with Gasteiger partial charge in [0.2, 0.25) is 23.6 Å². The van der Waals surface area contributed by atoms with E-state index in [2.05, 4.69) is 31.9 Å². The third-order valence-corrected chi connectivity index (χ3v) is 8.74. The lowest BCUT2D eigenvalue weighted by molar-refractivity contribution is -0.144. The Morgan fingerprint density at radius 2 is 1.35 bits per heavy atom. The summed E-state index contributed by atoms with van der Waals surface area (Å²) in [7, 11) is 0. The van der Waals surface area contributed by atoms with Crippen LogP contribution >= 0.6 is 0 Å². The standard InChI is InChI=1S/C36H55N9O10/c1-20(2)17-22(34(52)53)19-29(47)28(18-21-11-13-23(46)14-12-21)45-33(51)25-8-4-3-7-24(37)30(48)42-26(9-5-15-40-35(38)54)31(49)44-27(32(50)43-25)10-6-16-41-36(39)55/h3-4,11-14,20,22,24-28,46H,5-10,15-19,37H2,1-2H3,(H,42,48)(H,43,50)(H,44,49)(H,45,51)(H,52,53)(H3,38,40,54)(H3,39,41,55)/t22-,24+,25+,26+,27+,28+/m1/s1. The number of amides is 8. The normalized spacial score (nSPS) is 20.5. The number of nitrogens with two attached hydrogens (primary N) is 3. The van der Waals surface area contributed by atoms with Crippen LogP contribution in [0.5, 0.6) is 5.75 Å². The van der Waals surface area contributed by atoms with Gasteiger partial charge in [-0.3, -0.25) is 28.8 Å². The molecule has 55 heavy (non-hydrogen) atoms. The fourth-order valence-electron chi connectivity index (χ4n) is 5.82. The predicted molar refractivity (Wildman–Crippen MR) is 200 cm³/mol. The third-order valence-electron chi connectivity index (χ3n) is 8.74. The molecule has 0 saturated heterocycles. The van der Waals surface area contributed by atoms with Gasteiger partial charge in [-0.2, -0.15) is 0 Å². The Bertz CT molecular complexity index is 1540. The fourth-order valence-corrected chi connectivity index (χ4v) is 5.82. The number of nitrogens with one attached hydrogen (secondary N) is 6. The first-order chi connectivity index (χ1) is 26.0. The molecule has 1 aliphatic rings. The van der Waals surface area contributed by atoms with Gasteiger partial charge in [-0.05, 0) is 75.0 Å². The molecule has 0 radical (unpaired) electrons. The number of phenols is 1. The number of aromatic hydroxyl groups is 1. The van der Waals surface area contributed by atoms with Gasteiger partial charge in [-0.25, -0.2) is 9.59 Å². The number of primary amides is 2. The van der Waals surface area contributed by atoms with Crippen LogP contribution < -0.4 is 49.1 Å². The van der Waals surface area contributed by atoms with E-state index in [1.807, 2.05) is 13.8 Å². The Hall–Kier alpha value is -5.72. The van der Waals surface area contributed by atoms with E-state index in [0.717, 1.165) is 0 Å². The van der Waals surface area contributed by atoms with Crippen LogP contribution in [0.15, 0.2) is 36.4 Å². The maximum atomic E-state index is 14.0. The van der Waals surface area contributed by atoms with Crippen LogP contribution in [-0.4, -0.2) is 101 Å². The molecule has 0 bridgehead atoms. The number of benzene rings is 1. The number of carboxylic acids is 1. The van der Waals surface area contributed by atoms with Crippen LogP contribution in [0.3, 0.4) is 0 Å². The maximum Gasteiger partial charge on any atom is 0.312 e. The topological polar surface area (TPSA) is 327 Å². The summed E-state index contributed by atoms with van der Waals surface area (Å²) in [6.45, 7) is 3.79.